The third kappa shape index (κ3) is 3.82. The van der Waals surface area contributed by atoms with Gasteiger partial charge in [0.15, 0.2) is 5.79 Å². The molecule has 126 valence electrons. The van der Waals surface area contributed by atoms with E-state index < -0.39 is 5.79 Å². The predicted octanol–water partition coefficient (Wildman–Crippen LogP) is 2.27. The molecule has 1 amide bonds. The minimum atomic E-state index is -0.447. The van der Waals surface area contributed by atoms with Crippen molar-refractivity contribution < 1.29 is 14.3 Å². The maximum Gasteiger partial charge on any atom is 0.272 e. The van der Waals surface area contributed by atoms with E-state index in [1.165, 1.54) is 0 Å². The van der Waals surface area contributed by atoms with E-state index in [1.807, 2.05) is 11.0 Å². The standard InChI is InChI=1S/C17H25N3O3/c1-2-3-8-18-14-4-5-15(19-13-14)16(21)20-9-6-17(7-10-20)22-11-12-23-17/h4-5,13,18H,2-3,6-12H2,1H3. The normalized spacial score (nSPS) is 20.0. The molecule has 6 heteroatoms. The number of hydrogen-bond donors (Lipinski definition) is 1. The van der Waals surface area contributed by atoms with Crippen LogP contribution >= 0.6 is 0 Å². The lowest BCUT2D eigenvalue weighted by atomic mass is 10.0. The fraction of sp³-hybridized carbons (Fsp3) is 0.647. The molecule has 0 aromatic carbocycles. The van der Waals surface area contributed by atoms with Crippen LogP contribution in [0.2, 0.25) is 0 Å². The van der Waals surface area contributed by atoms with Crippen molar-refractivity contribution in [1.82, 2.24) is 9.88 Å². The molecule has 0 aliphatic carbocycles. The van der Waals surface area contributed by atoms with E-state index >= 15 is 0 Å². The smallest absolute Gasteiger partial charge is 0.272 e. The average Bonchev–Trinajstić information content (AvgIpc) is 3.04. The van der Waals surface area contributed by atoms with E-state index in [9.17, 15) is 4.79 Å². The first-order valence-corrected chi connectivity index (χ1v) is 8.49. The van der Waals surface area contributed by atoms with Gasteiger partial charge in [-0.3, -0.25) is 4.79 Å². The molecular formula is C17H25N3O3. The molecular weight excluding hydrogens is 294 g/mol. The summed E-state index contributed by atoms with van der Waals surface area (Å²) < 4.78 is 11.4. The Bertz CT molecular complexity index is 516. The van der Waals surface area contributed by atoms with Crippen molar-refractivity contribution in [2.24, 2.45) is 0 Å². The van der Waals surface area contributed by atoms with Crippen molar-refractivity contribution in [1.29, 1.82) is 0 Å². The van der Waals surface area contributed by atoms with Gasteiger partial charge in [0, 0.05) is 32.5 Å². The molecule has 0 radical (unpaired) electrons. The van der Waals surface area contributed by atoms with E-state index in [4.69, 9.17) is 9.47 Å². The van der Waals surface area contributed by atoms with Gasteiger partial charge >= 0.3 is 0 Å². The maximum atomic E-state index is 12.5. The Kier molecular flexibility index (Phi) is 5.13. The first-order chi connectivity index (χ1) is 11.2. The Morgan fingerprint density at radius 1 is 1.30 bits per heavy atom. The number of ether oxygens (including phenoxy) is 2. The molecule has 0 saturated carbocycles. The minimum Gasteiger partial charge on any atom is -0.384 e. The lowest BCUT2D eigenvalue weighted by Gasteiger charge is -2.37. The SMILES string of the molecule is CCCCNc1ccc(C(=O)N2CCC3(CC2)OCCO3)nc1. The van der Waals surface area contributed by atoms with Gasteiger partial charge in [0.2, 0.25) is 0 Å². The number of likely N-dealkylation sites (tertiary alicyclic amines) is 1. The molecule has 2 fully saturated rings. The molecule has 2 saturated heterocycles. The molecule has 3 heterocycles. The van der Waals surface area contributed by atoms with E-state index in [0.717, 1.165) is 37.9 Å². The van der Waals surface area contributed by atoms with Crippen LogP contribution in [-0.4, -0.2) is 54.4 Å². The average molecular weight is 319 g/mol. The number of aromatic nitrogens is 1. The van der Waals surface area contributed by atoms with Gasteiger partial charge in [-0.15, -0.1) is 0 Å². The van der Waals surface area contributed by atoms with Gasteiger partial charge < -0.3 is 19.7 Å². The van der Waals surface area contributed by atoms with Crippen LogP contribution in [0.5, 0.6) is 0 Å². The molecule has 1 aromatic heterocycles. The fourth-order valence-electron chi connectivity index (χ4n) is 3.03. The molecule has 0 unspecified atom stereocenters. The van der Waals surface area contributed by atoms with Gasteiger partial charge in [0.1, 0.15) is 5.69 Å². The summed E-state index contributed by atoms with van der Waals surface area (Å²) in [6.45, 7) is 5.70. The first-order valence-electron chi connectivity index (χ1n) is 8.49. The van der Waals surface area contributed by atoms with Crippen LogP contribution in [0.3, 0.4) is 0 Å². The number of pyridine rings is 1. The van der Waals surface area contributed by atoms with Crippen molar-refractivity contribution in [3.05, 3.63) is 24.0 Å². The number of rotatable bonds is 5. The number of hydrogen-bond acceptors (Lipinski definition) is 5. The Hall–Kier alpha value is -1.66. The molecule has 1 N–H and O–H groups in total. The number of amides is 1. The predicted molar refractivity (Wildman–Crippen MR) is 87.4 cm³/mol. The van der Waals surface area contributed by atoms with Gasteiger partial charge in [-0.2, -0.15) is 0 Å². The monoisotopic (exact) mass is 319 g/mol. The zero-order valence-electron chi connectivity index (χ0n) is 13.7. The Morgan fingerprint density at radius 2 is 2.04 bits per heavy atom. The highest BCUT2D eigenvalue weighted by molar-refractivity contribution is 5.92. The van der Waals surface area contributed by atoms with Crippen LogP contribution < -0.4 is 5.32 Å². The molecule has 1 spiro atoms. The highest BCUT2D eigenvalue weighted by Gasteiger charge is 2.40. The second-order valence-corrected chi connectivity index (χ2v) is 6.11. The molecule has 6 nitrogen and oxygen atoms in total. The van der Waals surface area contributed by atoms with E-state index in [0.29, 0.717) is 32.0 Å². The summed E-state index contributed by atoms with van der Waals surface area (Å²) in [5, 5.41) is 3.30. The van der Waals surface area contributed by atoms with Crippen LogP contribution in [0.25, 0.3) is 0 Å². The summed E-state index contributed by atoms with van der Waals surface area (Å²) in [7, 11) is 0. The lowest BCUT2D eigenvalue weighted by Crippen LogP contribution is -2.47. The summed E-state index contributed by atoms with van der Waals surface area (Å²) in [6.07, 6.45) is 5.48. The number of unbranched alkanes of at least 4 members (excludes halogenated alkanes) is 1. The molecule has 3 rings (SSSR count). The van der Waals surface area contributed by atoms with Crippen LogP contribution in [0.1, 0.15) is 43.1 Å². The van der Waals surface area contributed by atoms with Gasteiger partial charge in [-0.1, -0.05) is 13.3 Å². The molecule has 0 atom stereocenters. The Morgan fingerprint density at radius 3 is 2.65 bits per heavy atom. The lowest BCUT2D eigenvalue weighted by molar-refractivity contribution is -0.181. The Labute approximate surface area is 137 Å². The van der Waals surface area contributed by atoms with Gasteiger partial charge in [0.05, 0.1) is 25.1 Å². The summed E-state index contributed by atoms with van der Waals surface area (Å²) >= 11 is 0. The number of carbonyl (C=O) groups excluding carboxylic acids is 1. The largest absolute Gasteiger partial charge is 0.384 e. The van der Waals surface area contributed by atoms with Crippen molar-refractivity contribution in [2.45, 2.75) is 38.4 Å². The molecule has 0 bridgehead atoms. The zero-order chi connectivity index (χ0) is 16.1. The van der Waals surface area contributed by atoms with Crippen molar-refractivity contribution >= 4 is 11.6 Å². The van der Waals surface area contributed by atoms with Gasteiger partial charge in [-0.25, -0.2) is 4.98 Å². The summed E-state index contributed by atoms with van der Waals surface area (Å²) in [5.41, 5.74) is 1.45. The number of piperidine rings is 1. The second kappa shape index (κ2) is 7.27. The van der Waals surface area contributed by atoms with Gasteiger partial charge in [0.25, 0.3) is 5.91 Å². The minimum absolute atomic E-state index is 0.0158. The van der Waals surface area contributed by atoms with Crippen molar-refractivity contribution in [3.8, 4) is 0 Å². The third-order valence-electron chi connectivity index (χ3n) is 4.47. The zero-order valence-corrected chi connectivity index (χ0v) is 13.7. The van der Waals surface area contributed by atoms with Gasteiger partial charge in [-0.05, 0) is 18.6 Å². The molecule has 2 aliphatic rings. The highest BCUT2D eigenvalue weighted by Crippen LogP contribution is 2.31. The van der Waals surface area contributed by atoms with Crippen LogP contribution in [0.15, 0.2) is 18.3 Å². The summed E-state index contributed by atoms with van der Waals surface area (Å²) in [5.74, 6) is -0.463. The molecule has 23 heavy (non-hydrogen) atoms. The number of nitrogens with one attached hydrogen (secondary N) is 1. The van der Waals surface area contributed by atoms with Crippen LogP contribution in [0.4, 0.5) is 5.69 Å². The second-order valence-electron chi connectivity index (χ2n) is 6.11. The first kappa shape index (κ1) is 16.2. The van der Waals surface area contributed by atoms with Crippen LogP contribution in [-0.2, 0) is 9.47 Å². The number of anilines is 1. The number of nitrogens with zero attached hydrogens (tertiary/aromatic N) is 2. The fourth-order valence-corrected chi connectivity index (χ4v) is 3.03. The molecule has 1 aromatic rings. The van der Waals surface area contributed by atoms with E-state index in [-0.39, 0.29) is 5.91 Å². The summed E-state index contributed by atoms with van der Waals surface area (Å²) in [4.78, 5) is 18.7. The highest BCUT2D eigenvalue weighted by atomic mass is 16.7. The van der Waals surface area contributed by atoms with Crippen molar-refractivity contribution in [2.75, 3.05) is 38.2 Å². The van der Waals surface area contributed by atoms with E-state index in [2.05, 4.69) is 17.2 Å². The summed E-state index contributed by atoms with van der Waals surface area (Å²) in [6, 6.07) is 3.72. The Balaban J connectivity index is 1.54. The molecule has 2 aliphatic heterocycles. The van der Waals surface area contributed by atoms with E-state index in [1.54, 1.807) is 12.3 Å². The third-order valence-corrected chi connectivity index (χ3v) is 4.47. The van der Waals surface area contributed by atoms with Crippen molar-refractivity contribution in [3.63, 3.8) is 0 Å². The maximum absolute atomic E-state index is 12.5. The topological polar surface area (TPSA) is 63.7 Å². The number of carbonyl (C=O) groups is 1. The van der Waals surface area contributed by atoms with Crippen LogP contribution in [0, 0.1) is 0 Å². The quantitative estimate of drug-likeness (QED) is 0.844.